The Hall–Kier alpha value is -1.64. The lowest BCUT2D eigenvalue weighted by Crippen LogP contribution is -2.24. The van der Waals surface area contributed by atoms with Gasteiger partial charge in [-0.1, -0.05) is 12.1 Å². The molecule has 0 aliphatic heterocycles. The van der Waals surface area contributed by atoms with E-state index >= 15 is 0 Å². The van der Waals surface area contributed by atoms with E-state index in [1.807, 2.05) is 52.0 Å². The maximum absolute atomic E-state index is 11.3. The molecule has 3 nitrogen and oxygen atoms in total. The molecule has 0 aliphatic carbocycles. The van der Waals surface area contributed by atoms with Crippen molar-refractivity contribution in [2.75, 3.05) is 0 Å². The first-order valence-electron chi connectivity index (χ1n) is 5.20. The van der Waals surface area contributed by atoms with E-state index < -0.39 is 11.6 Å². The molecule has 0 aromatic heterocycles. The minimum Gasteiger partial charge on any atom is -0.456 e. The summed E-state index contributed by atoms with van der Waals surface area (Å²) >= 11 is 0. The van der Waals surface area contributed by atoms with E-state index in [0.717, 1.165) is 11.3 Å². The van der Waals surface area contributed by atoms with E-state index in [4.69, 9.17) is 4.74 Å². The van der Waals surface area contributed by atoms with Gasteiger partial charge in [-0.05, 0) is 45.4 Å². The van der Waals surface area contributed by atoms with Gasteiger partial charge in [-0.2, -0.15) is 0 Å². The van der Waals surface area contributed by atoms with Crippen molar-refractivity contribution in [2.24, 2.45) is 4.99 Å². The van der Waals surface area contributed by atoms with Gasteiger partial charge >= 0.3 is 5.97 Å². The minimum atomic E-state index is -0.476. The molecule has 0 bridgehead atoms. The first-order valence-corrected chi connectivity index (χ1v) is 5.20. The molecular formula is C13H17NO2. The van der Waals surface area contributed by atoms with Crippen molar-refractivity contribution in [1.82, 2.24) is 0 Å². The Morgan fingerprint density at radius 1 is 1.38 bits per heavy atom. The van der Waals surface area contributed by atoms with Gasteiger partial charge in [-0.25, -0.2) is 9.79 Å². The molecule has 0 saturated carbocycles. The van der Waals surface area contributed by atoms with Crippen LogP contribution < -0.4 is 0 Å². The highest BCUT2D eigenvalue weighted by Crippen LogP contribution is 2.13. The van der Waals surface area contributed by atoms with E-state index in [0.29, 0.717) is 0 Å². The van der Waals surface area contributed by atoms with Crippen molar-refractivity contribution in [1.29, 1.82) is 0 Å². The van der Waals surface area contributed by atoms with Crippen LogP contribution in [0.25, 0.3) is 0 Å². The van der Waals surface area contributed by atoms with Crippen LogP contribution in [0.1, 0.15) is 26.3 Å². The molecule has 1 aromatic carbocycles. The highest BCUT2D eigenvalue weighted by molar-refractivity contribution is 6.23. The predicted molar refractivity (Wildman–Crippen MR) is 65.2 cm³/mol. The van der Waals surface area contributed by atoms with E-state index in [9.17, 15) is 4.79 Å². The summed E-state index contributed by atoms with van der Waals surface area (Å²) < 4.78 is 5.10. The molecule has 0 spiro atoms. The summed E-state index contributed by atoms with van der Waals surface area (Å²) in [5.74, 6) is -0.422. The van der Waals surface area contributed by atoms with Gasteiger partial charge in [0.25, 0.3) is 0 Å². The number of carbonyl (C=O) groups excluding carboxylic acids is 1. The molecule has 3 heteroatoms. The van der Waals surface area contributed by atoms with Gasteiger partial charge in [0.2, 0.25) is 0 Å². The number of aliphatic imine (C=N–C) groups is 1. The van der Waals surface area contributed by atoms with Crippen LogP contribution in [0.3, 0.4) is 0 Å². The summed E-state index contributed by atoms with van der Waals surface area (Å²) in [7, 11) is 0. The fourth-order valence-corrected chi connectivity index (χ4v) is 1.16. The van der Waals surface area contributed by atoms with Crippen molar-refractivity contribution in [3.63, 3.8) is 0 Å². The zero-order valence-electron chi connectivity index (χ0n) is 10.2. The average molecular weight is 219 g/mol. The van der Waals surface area contributed by atoms with Crippen molar-refractivity contribution in [2.45, 2.75) is 33.3 Å². The number of hydrogen-bond acceptors (Lipinski definition) is 3. The predicted octanol–water partition coefficient (Wildman–Crippen LogP) is 3.04. The van der Waals surface area contributed by atoms with E-state index in [-0.39, 0.29) is 0 Å². The van der Waals surface area contributed by atoms with Crippen molar-refractivity contribution in [3.05, 3.63) is 29.8 Å². The zero-order valence-corrected chi connectivity index (χ0v) is 10.2. The summed E-state index contributed by atoms with van der Waals surface area (Å²) in [6, 6.07) is 7.62. The summed E-state index contributed by atoms with van der Waals surface area (Å²) in [4.78, 5) is 15.4. The molecule has 0 atom stereocenters. The second-order valence-electron chi connectivity index (χ2n) is 4.63. The number of hydrogen-bond donors (Lipinski definition) is 0. The van der Waals surface area contributed by atoms with Crippen molar-refractivity contribution >= 4 is 17.9 Å². The molecule has 0 saturated heterocycles. The third-order valence-corrected chi connectivity index (χ3v) is 1.73. The standard InChI is InChI=1S/C13H17NO2/c1-10-6-5-7-11(8-10)14-9-12(15)16-13(2,3)4/h5-9H,1-4H3. The lowest BCUT2D eigenvalue weighted by atomic mass is 10.2. The van der Waals surface area contributed by atoms with Gasteiger partial charge in [0.1, 0.15) is 11.8 Å². The number of benzene rings is 1. The minimum absolute atomic E-state index is 0.422. The van der Waals surface area contributed by atoms with Crippen LogP contribution in [0.15, 0.2) is 29.3 Å². The van der Waals surface area contributed by atoms with Crippen molar-refractivity contribution in [3.8, 4) is 0 Å². The van der Waals surface area contributed by atoms with Crippen LogP contribution in [0.5, 0.6) is 0 Å². The molecule has 0 aliphatic rings. The van der Waals surface area contributed by atoms with E-state index in [1.54, 1.807) is 0 Å². The number of esters is 1. The first kappa shape index (κ1) is 12.4. The molecule has 1 aromatic rings. The molecule has 0 radical (unpaired) electrons. The fraction of sp³-hybridized carbons (Fsp3) is 0.385. The van der Waals surface area contributed by atoms with Crippen LogP contribution in [0.4, 0.5) is 5.69 Å². The Morgan fingerprint density at radius 3 is 2.62 bits per heavy atom. The van der Waals surface area contributed by atoms with E-state index in [1.165, 1.54) is 6.21 Å². The highest BCUT2D eigenvalue weighted by atomic mass is 16.6. The van der Waals surface area contributed by atoms with Gasteiger partial charge in [-0.3, -0.25) is 0 Å². The molecule has 1 rings (SSSR count). The second-order valence-corrected chi connectivity index (χ2v) is 4.63. The summed E-state index contributed by atoms with van der Waals surface area (Å²) in [6.07, 6.45) is 1.21. The normalized spacial score (nSPS) is 11.8. The maximum atomic E-state index is 11.3. The zero-order chi connectivity index (χ0) is 12.2. The molecule has 86 valence electrons. The summed E-state index contributed by atoms with van der Waals surface area (Å²) in [6.45, 7) is 7.45. The largest absolute Gasteiger partial charge is 0.456 e. The summed E-state index contributed by atoms with van der Waals surface area (Å²) in [5.41, 5.74) is 1.39. The molecule has 16 heavy (non-hydrogen) atoms. The van der Waals surface area contributed by atoms with Crippen LogP contribution in [0, 0.1) is 6.92 Å². The Balaban J connectivity index is 2.64. The van der Waals surface area contributed by atoms with E-state index in [2.05, 4.69) is 4.99 Å². The van der Waals surface area contributed by atoms with Gasteiger partial charge in [0.05, 0.1) is 5.69 Å². The quantitative estimate of drug-likeness (QED) is 0.566. The van der Waals surface area contributed by atoms with Crippen LogP contribution in [0.2, 0.25) is 0 Å². The first-order chi connectivity index (χ1) is 7.37. The number of ether oxygens (including phenoxy) is 1. The Bertz CT molecular complexity index is 403. The fourth-order valence-electron chi connectivity index (χ4n) is 1.16. The van der Waals surface area contributed by atoms with Crippen LogP contribution >= 0.6 is 0 Å². The smallest absolute Gasteiger partial charge is 0.349 e. The Kier molecular flexibility index (Phi) is 3.82. The molecule has 0 unspecified atom stereocenters. The van der Waals surface area contributed by atoms with Crippen LogP contribution in [-0.4, -0.2) is 17.8 Å². The van der Waals surface area contributed by atoms with Gasteiger partial charge in [0, 0.05) is 0 Å². The molecule has 0 amide bonds. The lowest BCUT2D eigenvalue weighted by molar-refractivity contribution is -0.145. The van der Waals surface area contributed by atoms with Gasteiger partial charge in [0.15, 0.2) is 0 Å². The number of rotatable bonds is 2. The third kappa shape index (κ3) is 4.73. The number of carbonyl (C=O) groups is 1. The molecule has 0 N–H and O–H groups in total. The number of aryl methyl sites for hydroxylation is 1. The molecular weight excluding hydrogens is 202 g/mol. The third-order valence-electron chi connectivity index (χ3n) is 1.73. The average Bonchev–Trinajstić information content (AvgIpc) is 2.12. The van der Waals surface area contributed by atoms with Crippen LogP contribution in [-0.2, 0) is 9.53 Å². The van der Waals surface area contributed by atoms with Crippen molar-refractivity contribution < 1.29 is 9.53 Å². The Labute approximate surface area is 96.2 Å². The highest BCUT2D eigenvalue weighted by Gasteiger charge is 2.14. The maximum Gasteiger partial charge on any atom is 0.349 e. The van der Waals surface area contributed by atoms with Gasteiger partial charge < -0.3 is 4.74 Å². The second kappa shape index (κ2) is 4.92. The topological polar surface area (TPSA) is 38.7 Å². The number of nitrogens with zero attached hydrogens (tertiary/aromatic N) is 1. The molecule has 0 heterocycles. The molecule has 0 fully saturated rings. The van der Waals surface area contributed by atoms with Gasteiger partial charge in [-0.15, -0.1) is 0 Å². The monoisotopic (exact) mass is 219 g/mol. The lowest BCUT2D eigenvalue weighted by Gasteiger charge is -2.17. The Morgan fingerprint density at radius 2 is 2.06 bits per heavy atom. The summed E-state index contributed by atoms with van der Waals surface area (Å²) in [5, 5.41) is 0. The SMILES string of the molecule is Cc1cccc(N=CC(=O)OC(C)(C)C)c1.